The molecule has 1 aliphatic heterocycles. The van der Waals surface area contributed by atoms with Crippen molar-refractivity contribution in [2.24, 2.45) is 0 Å². The molecule has 1 fully saturated rings. The van der Waals surface area contributed by atoms with E-state index in [1.165, 1.54) is 6.92 Å². The van der Waals surface area contributed by atoms with E-state index in [9.17, 15) is 9.59 Å². The molecule has 7 nitrogen and oxygen atoms in total. The van der Waals surface area contributed by atoms with Crippen LogP contribution in [-0.2, 0) is 20.9 Å². The Labute approximate surface area is 155 Å². The number of nitrogens with one attached hydrogen (secondary N) is 1. The second-order valence-corrected chi connectivity index (χ2v) is 6.42. The molecule has 0 unspecified atom stereocenters. The van der Waals surface area contributed by atoms with Crippen LogP contribution in [0.5, 0.6) is 5.75 Å². The van der Waals surface area contributed by atoms with Crippen LogP contribution in [0, 0.1) is 0 Å². The molecule has 2 rings (SSSR count). The quantitative estimate of drug-likeness (QED) is 0.742. The molecule has 1 aromatic rings. The number of carbonyl (C=O) groups excluding carboxylic acids is 2. The molecule has 0 aromatic heterocycles. The first-order chi connectivity index (χ1) is 12.5. The number of ether oxygens (including phenoxy) is 2. The summed E-state index contributed by atoms with van der Waals surface area (Å²) in [6.07, 6.45) is 0. The van der Waals surface area contributed by atoms with Gasteiger partial charge in [0.05, 0.1) is 20.3 Å². The van der Waals surface area contributed by atoms with Crippen molar-refractivity contribution in [1.82, 2.24) is 15.1 Å². The fourth-order valence-corrected chi connectivity index (χ4v) is 2.90. The Morgan fingerprint density at radius 3 is 2.50 bits per heavy atom. The fraction of sp³-hybridized carbons (Fsp3) is 0.579. The van der Waals surface area contributed by atoms with Crippen molar-refractivity contribution >= 4 is 11.8 Å². The topological polar surface area (TPSA) is 71.1 Å². The molecule has 1 atom stereocenters. The second-order valence-electron chi connectivity index (χ2n) is 6.42. The lowest BCUT2D eigenvalue weighted by atomic mass is 10.1. The molecule has 0 aliphatic carbocycles. The van der Waals surface area contributed by atoms with Crippen molar-refractivity contribution in [3.63, 3.8) is 0 Å². The van der Waals surface area contributed by atoms with Crippen LogP contribution in [0.2, 0.25) is 0 Å². The van der Waals surface area contributed by atoms with Gasteiger partial charge in [0, 0.05) is 39.6 Å². The molecule has 0 saturated carbocycles. The third kappa shape index (κ3) is 6.00. The first-order valence-corrected chi connectivity index (χ1v) is 8.99. The maximum Gasteiger partial charge on any atom is 0.242 e. The minimum atomic E-state index is -0.528. The maximum absolute atomic E-state index is 12.5. The molecule has 7 heteroatoms. The third-order valence-electron chi connectivity index (χ3n) is 4.59. The van der Waals surface area contributed by atoms with E-state index in [4.69, 9.17) is 9.47 Å². The number of hydrogen-bond acceptors (Lipinski definition) is 5. The van der Waals surface area contributed by atoms with Crippen LogP contribution in [0.25, 0.3) is 0 Å². The zero-order chi connectivity index (χ0) is 18.9. The maximum atomic E-state index is 12.5. The summed E-state index contributed by atoms with van der Waals surface area (Å²) < 4.78 is 10.5. The van der Waals surface area contributed by atoms with Crippen molar-refractivity contribution in [3.8, 4) is 5.75 Å². The van der Waals surface area contributed by atoms with E-state index in [1.54, 1.807) is 18.9 Å². The minimum absolute atomic E-state index is 0.128. The zero-order valence-corrected chi connectivity index (χ0v) is 15.9. The van der Waals surface area contributed by atoms with Crippen molar-refractivity contribution in [3.05, 3.63) is 29.8 Å². The van der Waals surface area contributed by atoms with Crippen LogP contribution in [0.4, 0.5) is 0 Å². The standard InChI is InChI=1S/C19H29N3O4/c1-15(19(24)20-8-9-21-10-12-26-13-11-21)22(16(2)23)14-17-4-6-18(25-3)7-5-17/h4-7,15H,8-14H2,1-3H3,(H,20,24)/t15-/m1/s1. The van der Waals surface area contributed by atoms with Gasteiger partial charge >= 0.3 is 0 Å². The first-order valence-electron chi connectivity index (χ1n) is 8.99. The second kappa shape index (κ2) is 10.1. The Bertz CT molecular complexity index is 585. The molecule has 144 valence electrons. The van der Waals surface area contributed by atoms with Gasteiger partial charge in [-0.3, -0.25) is 14.5 Å². The summed E-state index contributed by atoms with van der Waals surface area (Å²) in [5, 5.41) is 2.93. The number of benzene rings is 1. The lowest BCUT2D eigenvalue weighted by Crippen LogP contribution is -2.49. The Balaban J connectivity index is 1.86. The summed E-state index contributed by atoms with van der Waals surface area (Å²) in [5.41, 5.74) is 0.953. The van der Waals surface area contributed by atoms with E-state index in [0.29, 0.717) is 13.1 Å². The van der Waals surface area contributed by atoms with Crippen LogP contribution in [0.15, 0.2) is 24.3 Å². The van der Waals surface area contributed by atoms with Crippen LogP contribution < -0.4 is 10.1 Å². The number of methoxy groups -OCH3 is 1. The molecule has 0 radical (unpaired) electrons. The monoisotopic (exact) mass is 363 g/mol. The summed E-state index contributed by atoms with van der Waals surface area (Å²) in [5.74, 6) is 0.496. The molecular weight excluding hydrogens is 334 g/mol. The van der Waals surface area contributed by atoms with Gasteiger partial charge in [-0.2, -0.15) is 0 Å². The number of morpholine rings is 1. The van der Waals surface area contributed by atoms with Gasteiger partial charge in [-0.25, -0.2) is 0 Å². The predicted octanol–water partition coefficient (Wildman–Crippen LogP) is 0.881. The minimum Gasteiger partial charge on any atom is -0.497 e. The SMILES string of the molecule is COc1ccc(CN(C(C)=O)[C@H](C)C(=O)NCCN2CCOCC2)cc1. The Kier molecular flexibility index (Phi) is 7.87. The van der Waals surface area contributed by atoms with Crippen molar-refractivity contribution in [2.45, 2.75) is 26.4 Å². The first kappa shape index (κ1) is 20.2. The number of nitrogens with zero attached hydrogens (tertiary/aromatic N) is 2. The van der Waals surface area contributed by atoms with Crippen molar-refractivity contribution in [2.75, 3.05) is 46.5 Å². The molecule has 1 saturated heterocycles. The van der Waals surface area contributed by atoms with Gasteiger partial charge in [-0.05, 0) is 24.6 Å². The average molecular weight is 363 g/mol. The fourth-order valence-electron chi connectivity index (χ4n) is 2.90. The van der Waals surface area contributed by atoms with E-state index in [-0.39, 0.29) is 11.8 Å². The lowest BCUT2D eigenvalue weighted by molar-refractivity contribution is -0.139. The zero-order valence-electron chi connectivity index (χ0n) is 15.9. The van der Waals surface area contributed by atoms with E-state index in [0.717, 1.165) is 44.2 Å². The van der Waals surface area contributed by atoms with Gasteiger partial charge in [-0.1, -0.05) is 12.1 Å². The molecule has 1 heterocycles. The highest BCUT2D eigenvalue weighted by Gasteiger charge is 2.23. The lowest BCUT2D eigenvalue weighted by Gasteiger charge is -2.29. The highest BCUT2D eigenvalue weighted by Crippen LogP contribution is 2.14. The van der Waals surface area contributed by atoms with Gasteiger partial charge in [0.1, 0.15) is 11.8 Å². The summed E-state index contributed by atoms with van der Waals surface area (Å²) in [7, 11) is 1.61. The number of rotatable bonds is 8. The smallest absolute Gasteiger partial charge is 0.242 e. The number of amides is 2. The summed E-state index contributed by atoms with van der Waals surface area (Å²) in [6.45, 7) is 8.25. The molecule has 1 aliphatic rings. The van der Waals surface area contributed by atoms with Crippen molar-refractivity contribution < 1.29 is 19.1 Å². The largest absolute Gasteiger partial charge is 0.497 e. The molecule has 0 spiro atoms. The molecular formula is C19H29N3O4. The van der Waals surface area contributed by atoms with Gasteiger partial charge in [0.2, 0.25) is 11.8 Å². The van der Waals surface area contributed by atoms with Gasteiger partial charge in [0.15, 0.2) is 0 Å². The summed E-state index contributed by atoms with van der Waals surface area (Å²) >= 11 is 0. The van der Waals surface area contributed by atoms with Gasteiger partial charge in [-0.15, -0.1) is 0 Å². The van der Waals surface area contributed by atoms with Crippen LogP contribution >= 0.6 is 0 Å². The average Bonchev–Trinajstić information content (AvgIpc) is 2.66. The summed E-state index contributed by atoms with van der Waals surface area (Å²) in [6, 6.07) is 6.97. The van der Waals surface area contributed by atoms with E-state index in [1.807, 2.05) is 24.3 Å². The normalized spacial score (nSPS) is 16.0. The molecule has 26 heavy (non-hydrogen) atoms. The number of hydrogen-bond donors (Lipinski definition) is 1. The van der Waals surface area contributed by atoms with Crippen LogP contribution in [0.3, 0.4) is 0 Å². The third-order valence-corrected chi connectivity index (χ3v) is 4.59. The van der Waals surface area contributed by atoms with E-state index >= 15 is 0 Å². The Morgan fingerprint density at radius 1 is 1.27 bits per heavy atom. The van der Waals surface area contributed by atoms with E-state index < -0.39 is 6.04 Å². The van der Waals surface area contributed by atoms with Crippen molar-refractivity contribution in [1.29, 1.82) is 0 Å². The highest BCUT2D eigenvalue weighted by atomic mass is 16.5. The number of carbonyl (C=O) groups is 2. The van der Waals surface area contributed by atoms with Gasteiger partial charge < -0.3 is 19.7 Å². The molecule has 1 N–H and O–H groups in total. The Morgan fingerprint density at radius 2 is 1.92 bits per heavy atom. The van der Waals surface area contributed by atoms with Crippen LogP contribution in [0.1, 0.15) is 19.4 Å². The molecule has 1 aromatic carbocycles. The van der Waals surface area contributed by atoms with Gasteiger partial charge in [0.25, 0.3) is 0 Å². The van der Waals surface area contributed by atoms with Crippen LogP contribution in [-0.4, -0.2) is 74.2 Å². The predicted molar refractivity (Wildman–Crippen MR) is 98.9 cm³/mol. The molecule has 0 bridgehead atoms. The highest BCUT2D eigenvalue weighted by molar-refractivity contribution is 5.86. The summed E-state index contributed by atoms with van der Waals surface area (Å²) in [4.78, 5) is 28.3. The molecule has 2 amide bonds. The van der Waals surface area contributed by atoms with E-state index in [2.05, 4.69) is 10.2 Å². The Hall–Kier alpha value is -2.12.